The first-order chi connectivity index (χ1) is 14.8. The second kappa shape index (κ2) is 8.50. The van der Waals surface area contributed by atoms with E-state index >= 15 is 0 Å². The van der Waals surface area contributed by atoms with Gasteiger partial charge in [-0.15, -0.1) is 0 Å². The van der Waals surface area contributed by atoms with E-state index in [1.165, 1.54) is 0 Å². The molecule has 1 N–H and O–H groups in total. The lowest BCUT2D eigenvalue weighted by Crippen LogP contribution is -2.29. The van der Waals surface area contributed by atoms with Gasteiger partial charge in [0.25, 0.3) is 0 Å². The number of Topliss-reactive ketones (excluding diaryl/α,β-unsaturated/α-hetero) is 1. The minimum atomic E-state index is -0.334. The van der Waals surface area contributed by atoms with Crippen molar-refractivity contribution in [2.75, 3.05) is 0 Å². The topological polar surface area (TPSA) is 49.7 Å². The maximum absolute atomic E-state index is 13.3. The van der Waals surface area contributed by atoms with Crippen LogP contribution >= 0.6 is 0 Å². The lowest BCUT2D eigenvalue weighted by atomic mass is 9.78. The molecule has 0 aromatic heterocycles. The summed E-state index contributed by atoms with van der Waals surface area (Å²) >= 11 is 0. The van der Waals surface area contributed by atoms with Crippen LogP contribution in [0.5, 0.6) is 0 Å². The Hall–Kier alpha value is -3.20. The fourth-order valence-corrected chi connectivity index (χ4v) is 4.40. The Morgan fingerprint density at radius 2 is 1.61 bits per heavy atom. The molecule has 1 atom stereocenters. The van der Waals surface area contributed by atoms with E-state index in [1.807, 2.05) is 63.2 Å². The molecule has 0 bridgehead atoms. The van der Waals surface area contributed by atoms with Gasteiger partial charge in [-0.2, -0.15) is 0 Å². The highest BCUT2D eigenvalue weighted by atomic mass is 16.3. The standard InChI is InChI=1S/C28H29NO2/c1-28(2,3)29-24-16-22(19-10-5-4-6-11-19)18-26(31)27(24)25(30)17-21-14-9-13-20-12-7-8-15-23(20)21/h4-15,22,30H,16-18H2,1-3H3. The molecule has 4 rings (SSSR count). The Morgan fingerprint density at radius 1 is 0.935 bits per heavy atom. The molecule has 1 aliphatic rings. The van der Waals surface area contributed by atoms with Crippen molar-refractivity contribution in [2.24, 2.45) is 4.99 Å². The van der Waals surface area contributed by atoms with Gasteiger partial charge in [-0.3, -0.25) is 9.79 Å². The molecule has 0 aliphatic heterocycles. The van der Waals surface area contributed by atoms with Gasteiger partial charge in [-0.1, -0.05) is 72.8 Å². The number of fused-ring (bicyclic) bond motifs is 1. The summed E-state index contributed by atoms with van der Waals surface area (Å²) in [6, 6.07) is 24.3. The molecule has 0 radical (unpaired) electrons. The number of carbonyl (C=O) groups excluding carboxylic acids is 1. The summed E-state index contributed by atoms with van der Waals surface area (Å²) in [5.74, 6) is 0.181. The van der Waals surface area contributed by atoms with Crippen molar-refractivity contribution in [3.63, 3.8) is 0 Å². The zero-order valence-electron chi connectivity index (χ0n) is 18.4. The Morgan fingerprint density at radius 3 is 2.35 bits per heavy atom. The van der Waals surface area contributed by atoms with E-state index in [0.29, 0.717) is 24.8 Å². The third-order valence-corrected chi connectivity index (χ3v) is 5.71. The van der Waals surface area contributed by atoms with E-state index in [4.69, 9.17) is 4.99 Å². The van der Waals surface area contributed by atoms with Crippen molar-refractivity contribution in [3.8, 4) is 0 Å². The summed E-state index contributed by atoms with van der Waals surface area (Å²) < 4.78 is 0. The third kappa shape index (κ3) is 4.77. The van der Waals surface area contributed by atoms with E-state index in [2.05, 4.69) is 30.3 Å². The molecule has 0 heterocycles. The number of nitrogens with zero attached hydrogens (tertiary/aromatic N) is 1. The summed E-state index contributed by atoms with van der Waals surface area (Å²) in [4.78, 5) is 18.1. The molecule has 0 amide bonds. The van der Waals surface area contributed by atoms with Crippen LogP contribution in [0.25, 0.3) is 10.8 Å². The highest BCUT2D eigenvalue weighted by Crippen LogP contribution is 2.35. The number of aliphatic hydroxyl groups excluding tert-OH is 1. The van der Waals surface area contributed by atoms with E-state index in [9.17, 15) is 9.90 Å². The fraction of sp³-hybridized carbons (Fsp3) is 0.286. The van der Waals surface area contributed by atoms with Crippen LogP contribution in [0.1, 0.15) is 50.7 Å². The van der Waals surface area contributed by atoms with Crippen LogP contribution in [0.4, 0.5) is 0 Å². The monoisotopic (exact) mass is 411 g/mol. The number of benzene rings is 3. The van der Waals surface area contributed by atoms with E-state index in [1.54, 1.807) is 0 Å². The van der Waals surface area contributed by atoms with Crippen LogP contribution in [0.15, 0.2) is 89.1 Å². The summed E-state index contributed by atoms with van der Waals surface area (Å²) in [6.07, 6.45) is 1.37. The molecule has 158 valence electrons. The van der Waals surface area contributed by atoms with Gasteiger partial charge in [-0.25, -0.2) is 0 Å². The van der Waals surface area contributed by atoms with Gasteiger partial charge >= 0.3 is 0 Å². The van der Waals surface area contributed by atoms with E-state index in [-0.39, 0.29) is 23.0 Å². The Balaban J connectivity index is 1.74. The summed E-state index contributed by atoms with van der Waals surface area (Å²) in [5.41, 5.74) is 2.95. The largest absolute Gasteiger partial charge is 0.511 e. The maximum atomic E-state index is 13.3. The molecule has 31 heavy (non-hydrogen) atoms. The molecule has 1 saturated carbocycles. The first-order valence-electron chi connectivity index (χ1n) is 10.9. The molecule has 3 aromatic rings. The van der Waals surface area contributed by atoms with E-state index < -0.39 is 0 Å². The molecule has 3 heteroatoms. The smallest absolute Gasteiger partial charge is 0.168 e. The first kappa shape index (κ1) is 21.0. The number of ketones is 1. The van der Waals surface area contributed by atoms with Crippen LogP contribution in [0.2, 0.25) is 0 Å². The quantitative estimate of drug-likeness (QED) is 0.391. The predicted octanol–water partition coefficient (Wildman–Crippen LogP) is 6.58. The van der Waals surface area contributed by atoms with Gasteiger partial charge in [0.05, 0.1) is 16.8 Å². The average Bonchev–Trinajstić information content (AvgIpc) is 2.73. The van der Waals surface area contributed by atoms with Crippen LogP contribution < -0.4 is 0 Å². The molecular formula is C28H29NO2. The number of carbonyl (C=O) groups is 1. The van der Waals surface area contributed by atoms with Crippen molar-refractivity contribution in [2.45, 2.75) is 51.5 Å². The van der Waals surface area contributed by atoms with Gasteiger partial charge in [0.1, 0.15) is 5.76 Å². The summed E-state index contributed by atoms with van der Waals surface area (Å²) in [6.45, 7) is 6.07. The molecule has 1 aliphatic carbocycles. The van der Waals surface area contributed by atoms with Gasteiger partial charge < -0.3 is 5.11 Å². The average molecular weight is 412 g/mol. The van der Waals surface area contributed by atoms with Gasteiger partial charge in [-0.05, 0) is 55.0 Å². The zero-order valence-corrected chi connectivity index (χ0v) is 18.4. The minimum Gasteiger partial charge on any atom is -0.511 e. The van der Waals surface area contributed by atoms with Gasteiger partial charge in [0, 0.05) is 12.8 Å². The molecule has 0 saturated heterocycles. The highest BCUT2D eigenvalue weighted by Gasteiger charge is 2.33. The molecule has 0 spiro atoms. The highest BCUT2D eigenvalue weighted by molar-refractivity contribution is 6.25. The zero-order chi connectivity index (χ0) is 22.0. The Bertz CT molecular complexity index is 1160. The first-order valence-corrected chi connectivity index (χ1v) is 10.9. The minimum absolute atomic E-state index is 0.0270. The van der Waals surface area contributed by atoms with Crippen LogP contribution in [-0.2, 0) is 11.2 Å². The molecule has 1 fully saturated rings. The molecule has 1 unspecified atom stereocenters. The van der Waals surface area contributed by atoms with Crippen LogP contribution in [0.3, 0.4) is 0 Å². The van der Waals surface area contributed by atoms with E-state index in [0.717, 1.165) is 27.6 Å². The number of aliphatic hydroxyl groups is 1. The number of aliphatic imine (C=N–C) groups is 1. The second-order valence-corrected chi connectivity index (χ2v) is 9.31. The number of hydrogen-bond acceptors (Lipinski definition) is 3. The van der Waals surface area contributed by atoms with Crippen molar-refractivity contribution in [1.82, 2.24) is 0 Å². The number of allylic oxidation sites excluding steroid dienone is 2. The fourth-order valence-electron chi connectivity index (χ4n) is 4.40. The molecular weight excluding hydrogens is 382 g/mol. The van der Waals surface area contributed by atoms with Crippen molar-refractivity contribution < 1.29 is 9.90 Å². The normalized spacial score (nSPS) is 20.3. The van der Waals surface area contributed by atoms with Gasteiger partial charge in [0.2, 0.25) is 0 Å². The number of hydrogen-bond donors (Lipinski definition) is 1. The number of rotatable bonds is 3. The Kier molecular flexibility index (Phi) is 5.77. The Labute approximate surface area is 184 Å². The SMILES string of the molecule is CC(C)(C)N=C1CC(c2ccccc2)CC(=O)C1=C(O)Cc1cccc2ccccc12. The van der Waals surface area contributed by atoms with Crippen molar-refractivity contribution in [1.29, 1.82) is 0 Å². The van der Waals surface area contributed by atoms with Gasteiger partial charge in [0.15, 0.2) is 5.78 Å². The molecule has 3 nitrogen and oxygen atoms in total. The summed E-state index contributed by atoms with van der Waals surface area (Å²) in [7, 11) is 0. The maximum Gasteiger partial charge on any atom is 0.168 e. The molecule has 3 aromatic carbocycles. The van der Waals surface area contributed by atoms with Crippen LogP contribution in [-0.4, -0.2) is 22.1 Å². The lowest BCUT2D eigenvalue weighted by molar-refractivity contribution is -0.115. The van der Waals surface area contributed by atoms with Crippen LogP contribution in [0, 0.1) is 0 Å². The second-order valence-electron chi connectivity index (χ2n) is 9.31. The third-order valence-electron chi connectivity index (χ3n) is 5.71. The van der Waals surface area contributed by atoms with Crippen molar-refractivity contribution in [3.05, 3.63) is 95.3 Å². The summed E-state index contributed by atoms with van der Waals surface area (Å²) in [5, 5.41) is 13.4. The lowest BCUT2D eigenvalue weighted by Gasteiger charge is -2.28. The predicted molar refractivity (Wildman–Crippen MR) is 128 cm³/mol. The van der Waals surface area contributed by atoms with Crippen molar-refractivity contribution >= 4 is 22.3 Å².